The molecule has 2 aromatic carbocycles. The van der Waals surface area contributed by atoms with E-state index < -0.39 is 17.4 Å². The lowest BCUT2D eigenvalue weighted by Gasteiger charge is -2.03. The van der Waals surface area contributed by atoms with Crippen LogP contribution in [-0.4, -0.2) is 16.1 Å². The number of furan rings is 1. The van der Waals surface area contributed by atoms with E-state index in [4.69, 9.17) is 27.6 Å². The van der Waals surface area contributed by atoms with E-state index in [2.05, 4.69) is 5.32 Å². The minimum Gasteiger partial charge on any atom is -0.502 e. The zero-order chi connectivity index (χ0) is 17.3. The van der Waals surface area contributed by atoms with Crippen LogP contribution in [0.25, 0.3) is 11.3 Å². The van der Waals surface area contributed by atoms with Crippen molar-refractivity contribution < 1.29 is 19.4 Å². The fourth-order valence-corrected chi connectivity index (χ4v) is 2.49. The number of halogens is 2. The van der Waals surface area contributed by atoms with Crippen LogP contribution in [0.15, 0.2) is 52.9 Å². The van der Waals surface area contributed by atoms with Crippen molar-refractivity contribution >= 4 is 35.0 Å². The number of benzene rings is 2. The van der Waals surface area contributed by atoms with Gasteiger partial charge in [-0.2, -0.15) is 0 Å². The van der Waals surface area contributed by atoms with Gasteiger partial charge in [0.2, 0.25) is 17.4 Å². The molecule has 0 aliphatic carbocycles. The SMILES string of the molecule is O=C(Nc1oc(-c2cc(Cl)ccc2Cl)c(O)c1O)c1ccccc1. The van der Waals surface area contributed by atoms with Crippen LogP contribution in [0.4, 0.5) is 5.88 Å². The maximum absolute atomic E-state index is 12.1. The molecule has 3 N–H and O–H groups in total. The third-order valence-electron chi connectivity index (χ3n) is 3.29. The first kappa shape index (κ1) is 16.2. The molecule has 24 heavy (non-hydrogen) atoms. The summed E-state index contributed by atoms with van der Waals surface area (Å²) in [4.78, 5) is 12.1. The monoisotopic (exact) mass is 363 g/mol. The minimum absolute atomic E-state index is 0.0941. The van der Waals surface area contributed by atoms with E-state index in [1.54, 1.807) is 36.4 Å². The van der Waals surface area contributed by atoms with Gasteiger partial charge in [-0.3, -0.25) is 10.1 Å². The molecule has 3 rings (SSSR count). The molecule has 7 heteroatoms. The normalized spacial score (nSPS) is 10.6. The second kappa shape index (κ2) is 6.47. The summed E-state index contributed by atoms with van der Waals surface area (Å²) in [5.74, 6) is -2.01. The van der Waals surface area contributed by atoms with Crippen LogP contribution in [0, 0.1) is 0 Å². The second-order valence-electron chi connectivity index (χ2n) is 4.90. The predicted octanol–water partition coefficient (Wildman–Crippen LogP) is 4.92. The van der Waals surface area contributed by atoms with E-state index in [1.807, 2.05) is 0 Å². The molecule has 0 spiro atoms. The molecule has 1 amide bonds. The molecule has 0 radical (unpaired) electrons. The van der Waals surface area contributed by atoms with Gasteiger partial charge in [0.1, 0.15) is 0 Å². The van der Waals surface area contributed by atoms with Gasteiger partial charge in [-0.1, -0.05) is 41.4 Å². The maximum Gasteiger partial charge on any atom is 0.258 e. The molecule has 1 aromatic heterocycles. The molecule has 0 aliphatic rings. The van der Waals surface area contributed by atoms with Gasteiger partial charge in [0.25, 0.3) is 5.91 Å². The van der Waals surface area contributed by atoms with Gasteiger partial charge in [0.05, 0.1) is 5.02 Å². The number of carbonyl (C=O) groups excluding carboxylic acids is 1. The zero-order valence-corrected chi connectivity index (χ0v) is 13.6. The van der Waals surface area contributed by atoms with Crippen LogP contribution < -0.4 is 5.32 Å². The molecule has 0 fully saturated rings. The molecule has 5 nitrogen and oxygen atoms in total. The smallest absolute Gasteiger partial charge is 0.258 e. The number of anilines is 1. The Kier molecular flexibility index (Phi) is 4.38. The highest BCUT2D eigenvalue weighted by molar-refractivity contribution is 6.35. The highest BCUT2D eigenvalue weighted by atomic mass is 35.5. The highest BCUT2D eigenvalue weighted by Gasteiger charge is 2.24. The van der Waals surface area contributed by atoms with Crippen molar-refractivity contribution in [3.05, 3.63) is 64.1 Å². The van der Waals surface area contributed by atoms with Gasteiger partial charge in [-0.05, 0) is 30.3 Å². The molecular formula is C17H11Cl2NO4. The standard InChI is InChI=1S/C17H11Cl2NO4/c18-10-6-7-12(19)11(8-10)15-13(21)14(22)17(24-15)20-16(23)9-4-2-1-3-5-9/h1-8,21-22H,(H,20,23). The maximum atomic E-state index is 12.1. The van der Waals surface area contributed by atoms with Crippen LogP contribution in [0.3, 0.4) is 0 Å². The van der Waals surface area contributed by atoms with E-state index >= 15 is 0 Å². The minimum atomic E-state index is -0.592. The van der Waals surface area contributed by atoms with E-state index in [0.717, 1.165) is 0 Å². The number of hydrogen-bond acceptors (Lipinski definition) is 4. The Bertz CT molecular complexity index is 906. The summed E-state index contributed by atoms with van der Waals surface area (Å²) >= 11 is 12.0. The van der Waals surface area contributed by atoms with Crippen molar-refractivity contribution in [2.24, 2.45) is 0 Å². The Morgan fingerprint density at radius 2 is 1.71 bits per heavy atom. The zero-order valence-electron chi connectivity index (χ0n) is 12.1. The lowest BCUT2D eigenvalue weighted by Crippen LogP contribution is -2.11. The lowest BCUT2D eigenvalue weighted by atomic mass is 10.1. The molecule has 1 heterocycles. The second-order valence-corrected chi connectivity index (χ2v) is 5.75. The van der Waals surface area contributed by atoms with Crippen molar-refractivity contribution in [2.45, 2.75) is 0 Å². The van der Waals surface area contributed by atoms with Gasteiger partial charge in [-0.25, -0.2) is 0 Å². The van der Waals surface area contributed by atoms with Gasteiger partial charge in [0.15, 0.2) is 5.76 Å². The number of hydrogen-bond donors (Lipinski definition) is 3. The van der Waals surface area contributed by atoms with Gasteiger partial charge < -0.3 is 14.6 Å². The molecule has 0 bridgehead atoms. The number of aromatic hydroxyl groups is 2. The molecule has 0 atom stereocenters. The molecular weight excluding hydrogens is 353 g/mol. The molecule has 0 saturated carbocycles. The number of nitrogens with one attached hydrogen (secondary N) is 1. The van der Waals surface area contributed by atoms with Crippen molar-refractivity contribution in [1.29, 1.82) is 0 Å². The van der Waals surface area contributed by atoms with Gasteiger partial charge >= 0.3 is 0 Å². The summed E-state index contributed by atoms with van der Waals surface area (Å²) in [7, 11) is 0. The van der Waals surface area contributed by atoms with Crippen molar-refractivity contribution in [2.75, 3.05) is 5.32 Å². The average Bonchev–Trinajstić information content (AvgIpc) is 2.86. The molecule has 3 aromatic rings. The Morgan fingerprint density at radius 3 is 2.42 bits per heavy atom. The summed E-state index contributed by atoms with van der Waals surface area (Å²) in [5, 5.41) is 23.1. The topological polar surface area (TPSA) is 82.7 Å². The summed E-state index contributed by atoms with van der Waals surface area (Å²) in [6, 6.07) is 13.0. The summed E-state index contributed by atoms with van der Waals surface area (Å²) in [6.07, 6.45) is 0. The Labute approximate surface area is 147 Å². The summed E-state index contributed by atoms with van der Waals surface area (Å²) in [5.41, 5.74) is 0.660. The van der Waals surface area contributed by atoms with Crippen LogP contribution in [0.5, 0.6) is 11.5 Å². The third-order valence-corrected chi connectivity index (χ3v) is 3.86. The average molecular weight is 364 g/mol. The first-order chi connectivity index (χ1) is 11.5. The molecule has 122 valence electrons. The summed E-state index contributed by atoms with van der Waals surface area (Å²) in [6.45, 7) is 0. The first-order valence-corrected chi connectivity index (χ1v) is 7.59. The number of rotatable bonds is 3. The number of carbonyl (C=O) groups is 1. The predicted molar refractivity (Wildman–Crippen MR) is 91.9 cm³/mol. The van der Waals surface area contributed by atoms with Crippen LogP contribution >= 0.6 is 23.2 Å². The Morgan fingerprint density at radius 1 is 1.00 bits per heavy atom. The van der Waals surface area contributed by atoms with Crippen molar-refractivity contribution in [3.8, 4) is 22.8 Å². The lowest BCUT2D eigenvalue weighted by molar-refractivity contribution is 0.102. The third kappa shape index (κ3) is 3.04. The van der Waals surface area contributed by atoms with E-state index in [-0.39, 0.29) is 22.2 Å². The Hall–Kier alpha value is -2.63. The largest absolute Gasteiger partial charge is 0.502 e. The molecule has 0 unspecified atom stereocenters. The van der Waals surface area contributed by atoms with E-state index in [9.17, 15) is 15.0 Å². The number of amides is 1. The van der Waals surface area contributed by atoms with E-state index in [1.165, 1.54) is 12.1 Å². The molecule has 0 saturated heterocycles. The fraction of sp³-hybridized carbons (Fsp3) is 0. The van der Waals surface area contributed by atoms with Gasteiger partial charge in [0, 0.05) is 16.1 Å². The van der Waals surface area contributed by atoms with Gasteiger partial charge in [-0.15, -0.1) is 0 Å². The van der Waals surface area contributed by atoms with Crippen LogP contribution in [0.1, 0.15) is 10.4 Å². The highest BCUT2D eigenvalue weighted by Crippen LogP contribution is 2.47. The quantitative estimate of drug-likeness (QED) is 0.616. The van der Waals surface area contributed by atoms with Crippen molar-refractivity contribution in [3.63, 3.8) is 0 Å². The first-order valence-electron chi connectivity index (χ1n) is 6.84. The Balaban J connectivity index is 1.97. The van der Waals surface area contributed by atoms with Crippen molar-refractivity contribution in [1.82, 2.24) is 0 Å². The van der Waals surface area contributed by atoms with E-state index in [0.29, 0.717) is 10.6 Å². The van der Waals surface area contributed by atoms with Crippen LogP contribution in [-0.2, 0) is 0 Å². The van der Waals surface area contributed by atoms with Crippen LogP contribution in [0.2, 0.25) is 10.0 Å². The fourth-order valence-electron chi connectivity index (χ4n) is 2.12. The molecule has 0 aliphatic heterocycles. The summed E-state index contributed by atoms with van der Waals surface area (Å²) < 4.78 is 5.38.